The van der Waals surface area contributed by atoms with Gasteiger partial charge in [-0.25, -0.2) is 0 Å². The van der Waals surface area contributed by atoms with E-state index in [-0.39, 0.29) is 37.2 Å². The molecule has 1 aliphatic heterocycles. The summed E-state index contributed by atoms with van der Waals surface area (Å²) >= 11 is 0. The number of anilines is 2. The zero-order chi connectivity index (χ0) is 20.8. The molecule has 8 nitrogen and oxygen atoms in total. The Morgan fingerprint density at radius 3 is 2.17 bits per heavy atom. The molecule has 3 amide bonds. The largest absolute Gasteiger partial charge is 0.497 e. The number of hydrogen-bond acceptors (Lipinski definition) is 5. The summed E-state index contributed by atoms with van der Waals surface area (Å²) in [6, 6.07) is 14.0. The van der Waals surface area contributed by atoms with Gasteiger partial charge in [0.2, 0.25) is 17.7 Å². The maximum absolute atomic E-state index is 12.4. The van der Waals surface area contributed by atoms with E-state index in [2.05, 4.69) is 10.6 Å². The molecular formula is C21H23N3O5. The molecule has 29 heavy (non-hydrogen) atoms. The normalized spacial score (nSPS) is 15.7. The van der Waals surface area contributed by atoms with E-state index in [0.717, 1.165) is 0 Å². The molecule has 0 bridgehead atoms. The molecule has 1 aliphatic rings. The van der Waals surface area contributed by atoms with Gasteiger partial charge in [0.1, 0.15) is 11.5 Å². The summed E-state index contributed by atoms with van der Waals surface area (Å²) < 4.78 is 10.2. The number of nitrogens with one attached hydrogen (secondary N) is 2. The van der Waals surface area contributed by atoms with E-state index < -0.39 is 5.92 Å². The zero-order valence-electron chi connectivity index (χ0n) is 16.3. The monoisotopic (exact) mass is 397 g/mol. The fraction of sp³-hybridized carbons (Fsp3) is 0.286. The van der Waals surface area contributed by atoms with E-state index in [0.29, 0.717) is 22.9 Å². The van der Waals surface area contributed by atoms with Crippen LogP contribution in [-0.4, -0.2) is 45.0 Å². The van der Waals surface area contributed by atoms with Gasteiger partial charge < -0.3 is 25.0 Å². The minimum Gasteiger partial charge on any atom is -0.497 e. The molecule has 3 rings (SSSR count). The molecule has 0 saturated carbocycles. The summed E-state index contributed by atoms with van der Waals surface area (Å²) in [6.07, 6.45) is 0.109. The quantitative estimate of drug-likeness (QED) is 0.743. The van der Waals surface area contributed by atoms with Crippen LogP contribution >= 0.6 is 0 Å². The van der Waals surface area contributed by atoms with Gasteiger partial charge >= 0.3 is 0 Å². The number of benzene rings is 2. The van der Waals surface area contributed by atoms with E-state index >= 15 is 0 Å². The second kappa shape index (κ2) is 9.09. The summed E-state index contributed by atoms with van der Waals surface area (Å²) in [5.41, 5.74) is 1.31. The van der Waals surface area contributed by atoms with Gasteiger partial charge in [-0.2, -0.15) is 0 Å². The van der Waals surface area contributed by atoms with Crippen LogP contribution < -0.4 is 25.0 Å². The molecule has 152 valence electrons. The van der Waals surface area contributed by atoms with Crippen molar-refractivity contribution in [2.45, 2.75) is 6.42 Å². The number of rotatable bonds is 7. The second-order valence-corrected chi connectivity index (χ2v) is 6.60. The second-order valence-electron chi connectivity index (χ2n) is 6.60. The van der Waals surface area contributed by atoms with Crippen molar-refractivity contribution in [3.05, 3.63) is 48.5 Å². The minimum atomic E-state index is -0.501. The van der Waals surface area contributed by atoms with E-state index in [9.17, 15) is 14.4 Å². The van der Waals surface area contributed by atoms with Crippen molar-refractivity contribution >= 4 is 29.1 Å². The van der Waals surface area contributed by atoms with E-state index in [1.54, 1.807) is 67.7 Å². The first-order chi connectivity index (χ1) is 14.0. The Balaban J connectivity index is 1.50. The lowest BCUT2D eigenvalue weighted by Crippen LogP contribution is -2.37. The third-order valence-electron chi connectivity index (χ3n) is 4.68. The summed E-state index contributed by atoms with van der Waals surface area (Å²) in [5, 5.41) is 5.30. The molecule has 1 saturated heterocycles. The highest BCUT2D eigenvalue weighted by atomic mass is 16.5. The van der Waals surface area contributed by atoms with Crippen molar-refractivity contribution in [2.75, 3.05) is 37.5 Å². The van der Waals surface area contributed by atoms with Gasteiger partial charge in [-0.15, -0.1) is 0 Å². The SMILES string of the molecule is COc1ccc(NC(=O)CNC(=O)[C@H]2CC(=O)N(c3ccc(OC)cc3)C2)cc1. The minimum absolute atomic E-state index is 0.109. The third kappa shape index (κ3) is 5.04. The van der Waals surface area contributed by atoms with Crippen molar-refractivity contribution < 1.29 is 23.9 Å². The summed E-state index contributed by atoms with van der Waals surface area (Å²) in [4.78, 5) is 38.3. The molecule has 0 unspecified atom stereocenters. The third-order valence-corrected chi connectivity index (χ3v) is 4.68. The van der Waals surface area contributed by atoms with Crippen LogP contribution in [0.2, 0.25) is 0 Å². The molecule has 2 aromatic rings. The lowest BCUT2D eigenvalue weighted by atomic mass is 10.1. The Labute approximate surface area is 168 Å². The maximum atomic E-state index is 12.4. The molecule has 0 aliphatic carbocycles. The number of carbonyl (C=O) groups excluding carboxylic acids is 3. The Kier molecular flexibility index (Phi) is 6.33. The topological polar surface area (TPSA) is 97.0 Å². The molecule has 2 aromatic carbocycles. The zero-order valence-corrected chi connectivity index (χ0v) is 16.3. The predicted octanol–water partition coefficient (Wildman–Crippen LogP) is 1.81. The van der Waals surface area contributed by atoms with Crippen LogP contribution in [0.5, 0.6) is 11.5 Å². The number of nitrogens with zero attached hydrogens (tertiary/aromatic N) is 1. The molecule has 0 aromatic heterocycles. The van der Waals surface area contributed by atoms with E-state index in [1.165, 1.54) is 0 Å². The van der Waals surface area contributed by atoms with E-state index in [1.807, 2.05) is 0 Å². The van der Waals surface area contributed by atoms with Crippen LogP contribution in [0.4, 0.5) is 11.4 Å². The Bertz CT molecular complexity index is 880. The molecule has 1 fully saturated rings. The fourth-order valence-corrected chi connectivity index (χ4v) is 3.09. The summed E-state index contributed by atoms with van der Waals surface area (Å²) in [7, 11) is 3.13. The highest BCUT2D eigenvalue weighted by Gasteiger charge is 2.35. The van der Waals surface area contributed by atoms with Crippen LogP contribution in [0.25, 0.3) is 0 Å². The average Bonchev–Trinajstić information content (AvgIpc) is 3.14. The molecule has 1 heterocycles. The first-order valence-electron chi connectivity index (χ1n) is 9.16. The van der Waals surface area contributed by atoms with Crippen molar-refractivity contribution in [3.8, 4) is 11.5 Å². The van der Waals surface area contributed by atoms with Crippen molar-refractivity contribution in [1.29, 1.82) is 0 Å². The number of hydrogen-bond donors (Lipinski definition) is 2. The van der Waals surface area contributed by atoms with Crippen LogP contribution in [0.1, 0.15) is 6.42 Å². The lowest BCUT2D eigenvalue weighted by molar-refractivity contribution is -0.127. The smallest absolute Gasteiger partial charge is 0.243 e. The van der Waals surface area contributed by atoms with Gasteiger partial charge in [0.05, 0.1) is 26.7 Å². The Morgan fingerprint density at radius 2 is 1.59 bits per heavy atom. The standard InChI is InChI=1S/C21H23N3O5/c1-28-17-7-3-15(4-8-17)23-19(25)12-22-21(27)14-11-20(26)24(13-14)16-5-9-18(29-2)10-6-16/h3-10,14H,11-13H2,1-2H3,(H,22,27)(H,23,25)/t14-/m0/s1. The number of methoxy groups -OCH3 is 2. The van der Waals surface area contributed by atoms with E-state index in [4.69, 9.17) is 9.47 Å². The van der Waals surface area contributed by atoms with Gasteiger partial charge in [0, 0.05) is 24.3 Å². The Hall–Kier alpha value is -3.55. The van der Waals surface area contributed by atoms with Crippen LogP contribution in [0.3, 0.4) is 0 Å². The fourth-order valence-electron chi connectivity index (χ4n) is 3.09. The van der Waals surface area contributed by atoms with Gasteiger partial charge in [-0.05, 0) is 48.5 Å². The van der Waals surface area contributed by atoms with Crippen molar-refractivity contribution in [3.63, 3.8) is 0 Å². The van der Waals surface area contributed by atoms with Crippen molar-refractivity contribution in [1.82, 2.24) is 5.32 Å². The van der Waals surface area contributed by atoms with Crippen LogP contribution in [0, 0.1) is 5.92 Å². The average molecular weight is 397 g/mol. The number of amides is 3. The lowest BCUT2D eigenvalue weighted by Gasteiger charge is -2.17. The highest BCUT2D eigenvalue weighted by Crippen LogP contribution is 2.26. The number of carbonyl (C=O) groups is 3. The molecule has 2 N–H and O–H groups in total. The summed E-state index contributed by atoms with van der Waals surface area (Å²) in [6.45, 7) is 0.106. The molecule has 1 atom stereocenters. The van der Waals surface area contributed by atoms with Gasteiger partial charge in [0.15, 0.2) is 0 Å². The predicted molar refractivity (Wildman–Crippen MR) is 108 cm³/mol. The highest BCUT2D eigenvalue weighted by molar-refractivity contribution is 6.01. The van der Waals surface area contributed by atoms with Crippen molar-refractivity contribution in [2.24, 2.45) is 5.92 Å². The van der Waals surface area contributed by atoms with Crippen LogP contribution in [0.15, 0.2) is 48.5 Å². The van der Waals surface area contributed by atoms with Gasteiger partial charge in [0.25, 0.3) is 0 Å². The van der Waals surface area contributed by atoms with Gasteiger partial charge in [-0.3, -0.25) is 14.4 Å². The molecule has 0 radical (unpaired) electrons. The molecule has 0 spiro atoms. The van der Waals surface area contributed by atoms with Gasteiger partial charge in [-0.1, -0.05) is 0 Å². The number of ether oxygens (including phenoxy) is 2. The Morgan fingerprint density at radius 1 is 1.00 bits per heavy atom. The first-order valence-corrected chi connectivity index (χ1v) is 9.16. The maximum Gasteiger partial charge on any atom is 0.243 e. The first kappa shape index (κ1) is 20.2. The van der Waals surface area contributed by atoms with Crippen LogP contribution in [-0.2, 0) is 14.4 Å². The molecular weight excluding hydrogens is 374 g/mol. The summed E-state index contributed by atoms with van der Waals surface area (Å²) in [5.74, 6) is 0.0802. The molecule has 8 heteroatoms.